The Kier molecular flexibility index (Phi) is 6.64. The van der Waals surface area contributed by atoms with E-state index in [1.54, 1.807) is 0 Å². The van der Waals surface area contributed by atoms with Crippen molar-refractivity contribution >= 4 is 15.7 Å². The summed E-state index contributed by atoms with van der Waals surface area (Å²) in [6.45, 7) is 2.25. The number of hydrogen-bond donors (Lipinski definition) is 1. The minimum absolute atomic E-state index is 0.0212. The molecule has 0 bridgehead atoms. The quantitative estimate of drug-likeness (QED) is 0.793. The molecule has 0 radical (unpaired) electrons. The van der Waals surface area contributed by atoms with Gasteiger partial charge in [0.1, 0.15) is 0 Å². The largest absolute Gasteiger partial charge is 0.378 e. The van der Waals surface area contributed by atoms with Crippen LogP contribution in [0.2, 0.25) is 0 Å². The molecule has 1 unspecified atom stereocenters. The van der Waals surface area contributed by atoms with Crippen molar-refractivity contribution < 1.29 is 8.42 Å². The number of likely N-dealkylation sites (N-methyl/N-ethyl adjacent to an activating group) is 1. The zero-order chi connectivity index (χ0) is 16.0. The Morgan fingerprint density at radius 2 is 1.67 bits per heavy atom. The molecule has 5 nitrogen and oxygen atoms in total. The molecule has 0 aliphatic carbocycles. The Labute approximate surface area is 129 Å². The Hall–Kier alpha value is -1.11. The van der Waals surface area contributed by atoms with Crippen molar-refractivity contribution in [3.8, 4) is 0 Å². The van der Waals surface area contributed by atoms with Crippen molar-refractivity contribution in [1.82, 2.24) is 9.62 Å². The lowest BCUT2D eigenvalue weighted by Gasteiger charge is -2.25. The van der Waals surface area contributed by atoms with E-state index in [0.717, 1.165) is 11.3 Å². The standard InChI is InChI=1S/C15H27N3O2S/c1-6-11-21(19,20)16-12-15(18(4)5)13-7-9-14(10-8-13)17(2)3/h7-10,15-16H,6,11-12H2,1-5H3. The number of sulfonamides is 1. The van der Waals surface area contributed by atoms with Crippen LogP contribution >= 0.6 is 0 Å². The van der Waals surface area contributed by atoms with Gasteiger partial charge in [-0.1, -0.05) is 19.1 Å². The highest BCUT2D eigenvalue weighted by molar-refractivity contribution is 7.89. The second-order valence-corrected chi connectivity index (χ2v) is 7.56. The van der Waals surface area contributed by atoms with Gasteiger partial charge < -0.3 is 9.80 Å². The second kappa shape index (κ2) is 7.77. The molecule has 1 N–H and O–H groups in total. The molecular formula is C15H27N3O2S. The van der Waals surface area contributed by atoms with Gasteiger partial charge in [-0.3, -0.25) is 0 Å². The fraction of sp³-hybridized carbons (Fsp3) is 0.600. The Morgan fingerprint density at radius 3 is 2.10 bits per heavy atom. The third kappa shape index (κ3) is 5.65. The van der Waals surface area contributed by atoms with Gasteiger partial charge in [0.15, 0.2) is 0 Å². The third-order valence-electron chi connectivity index (χ3n) is 3.39. The van der Waals surface area contributed by atoms with E-state index in [1.165, 1.54) is 0 Å². The summed E-state index contributed by atoms with van der Waals surface area (Å²) < 4.78 is 26.3. The number of nitrogens with one attached hydrogen (secondary N) is 1. The van der Waals surface area contributed by atoms with Crippen molar-refractivity contribution in [2.75, 3.05) is 45.4 Å². The molecule has 0 aliphatic heterocycles. The van der Waals surface area contributed by atoms with E-state index < -0.39 is 10.0 Å². The van der Waals surface area contributed by atoms with Crippen LogP contribution in [0.4, 0.5) is 5.69 Å². The van der Waals surface area contributed by atoms with Gasteiger partial charge >= 0.3 is 0 Å². The summed E-state index contributed by atoms with van der Waals surface area (Å²) in [5.41, 5.74) is 2.23. The van der Waals surface area contributed by atoms with Gasteiger partial charge in [0.25, 0.3) is 0 Å². The first-order chi connectivity index (χ1) is 9.76. The minimum atomic E-state index is -3.17. The third-order valence-corrected chi connectivity index (χ3v) is 4.94. The summed E-state index contributed by atoms with van der Waals surface area (Å²) >= 11 is 0. The topological polar surface area (TPSA) is 52.7 Å². The van der Waals surface area contributed by atoms with Crippen molar-refractivity contribution in [1.29, 1.82) is 0 Å². The van der Waals surface area contributed by atoms with E-state index in [9.17, 15) is 8.42 Å². The van der Waals surface area contributed by atoms with Crippen LogP contribution in [0.5, 0.6) is 0 Å². The van der Waals surface area contributed by atoms with E-state index in [0.29, 0.717) is 13.0 Å². The summed E-state index contributed by atoms with van der Waals surface area (Å²) in [5.74, 6) is 0.173. The van der Waals surface area contributed by atoms with Crippen LogP contribution in [0.25, 0.3) is 0 Å². The lowest BCUT2D eigenvalue weighted by molar-refractivity contribution is 0.299. The SMILES string of the molecule is CCCS(=O)(=O)NCC(c1ccc(N(C)C)cc1)N(C)C. The molecule has 120 valence electrons. The molecule has 0 aliphatic rings. The first kappa shape index (κ1) is 17.9. The molecule has 0 spiro atoms. The molecule has 1 aromatic carbocycles. The van der Waals surface area contributed by atoms with Gasteiger partial charge in [-0.25, -0.2) is 13.1 Å². The summed E-state index contributed by atoms with van der Waals surface area (Å²) in [5, 5.41) is 0. The molecule has 1 atom stereocenters. The molecular weight excluding hydrogens is 286 g/mol. The van der Waals surface area contributed by atoms with E-state index in [4.69, 9.17) is 0 Å². The van der Waals surface area contributed by atoms with Gasteiger partial charge in [-0.05, 0) is 38.2 Å². The zero-order valence-corrected chi connectivity index (χ0v) is 14.4. The maximum atomic E-state index is 11.8. The Bertz CT molecular complexity index is 524. The van der Waals surface area contributed by atoms with Crippen LogP contribution in [0.15, 0.2) is 24.3 Å². The van der Waals surface area contributed by atoms with Crippen LogP contribution in [0, 0.1) is 0 Å². The van der Waals surface area contributed by atoms with Crippen LogP contribution in [0.1, 0.15) is 24.9 Å². The van der Waals surface area contributed by atoms with E-state index in [2.05, 4.69) is 4.72 Å². The van der Waals surface area contributed by atoms with Crippen LogP contribution < -0.4 is 9.62 Å². The molecule has 0 amide bonds. The lowest BCUT2D eigenvalue weighted by atomic mass is 10.1. The number of benzene rings is 1. The van der Waals surface area contributed by atoms with Crippen molar-refractivity contribution in [2.24, 2.45) is 0 Å². The highest BCUT2D eigenvalue weighted by atomic mass is 32.2. The summed E-state index contributed by atoms with van der Waals surface area (Å²) in [7, 11) is 4.73. The number of rotatable bonds is 8. The first-order valence-corrected chi connectivity index (χ1v) is 8.83. The number of hydrogen-bond acceptors (Lipinski definition) is 4. The molecule has 0 saturated carbocycles. The van der Waals surface area contributed by atoms with Crippen LogP contribution in [-0.2, 0) is 10.0 Å². The van der Waals surface area contributed by atoms with E-state index in [1.807, 2.05) is 69.2 Å². The lowest BCUT2D eigenvalue weighted by Crippen LogP contribution is -2.35. The Morgan fingerprint density at radius 1 is 1.10 bits per heavy atom. The van der Waals surface area contributed by atoms with Crippen molar-refractivity contribution in [3.05, 3.63) is 29.8 Å². The average Bonchev–Trinajstić information content (AvgIpc) is 2.38. The molecule has 1 aromatic rings. The highest BCUT2D eigenvalue weighted by Gasteiger charge is 2.17. The maximum absolute atomic E-state index is 11.8. The van der Waals surface area contributed by atoms with Crippen molar-refractivity contribution in [2.45, 2.75) is 19.4 Å². The number of anilines is 1. The van der Waals surface area contributed by atoms with Gasteiger partial charge in [-0.2, -0.15) is 0 Å². The molecule has 1 rings (SSSR count). The van der Waals surface area contributed by atoms with Gasteiger partial charge in [0.05, 0.1) is 5.75 Å². The normalized spacial score (nSPS) is 13.4. The average molecular weight is 313 g/mol. The summed E-state index contributed by atoms with van der Waals surface area (Å²) in [6.07, 6.45) is 0.624. The van der Waals surface area contributed by atoms with Gasteiger partial charge in [-0.15, -0.1) is 0 Å². The molecule has 21 heavy (non-hydrogen) atoms. The van der Waals surface area contributed by atoms with E-state index >= 15 is 0 Å². The predicted molar refractivity (Wildman–Crippen MR) is 89.3 cm³/mol. The fourth-order valence-electron chi connectivity index (χ4n) is 2.14. The van der Waals surface area contributed by atoms with Crippen LogP contribution in [0.3, 0.4) is 0 Å². The van der Waals surface area contributed by atoms with Gasteiger partial charge in [0.2, 0.25) is 10.0 Å². The molecule has 6 heteroatoms. The fourth-order valence-corrected chi connectivity index (χ4v) is 3.23. The van der Waals surface area contributed by atoms with Crippen LogP contribution in [-0.4, -0.2) is 53.8 Å². The van der Waals surface area contributed by atoms with Gasteiger partial charge in [0, 0.05) is 32.4 Å². The first-order valence-electron chi connectivity index (χ1n) is 7.18. The Balaban J connectivity index is 2.82. The van der Waals surface area contributed by atoms with E-state index in [-0.39, 0.29) is 11.8 Å². The summed E-state index contributed by atoms with van der Waals surface area (Å²) in [6, 6.07) is 8.22. The second-order valence-electron chi connectivity index (χ2n) is 5.63. The highest BCUT2D eigenvalue weighted by Crippen LogP contribution is 2.21. The zero-order valence-electron chi connectivity index (χ0n) is 13.6. The number of nitrogens with zero attached hydrogens (tertiary/aromatic N) is 2. The molecule has 0 fully saturated rings. The molecule has 0 heterocycles. The van der Waals surface area contributed by atoms with Crippen molar-refractivity contribution in [3.63, 3.8) is 0 Å². The predicted octanol–water partition coefficient (Wildman–Crippen LogP) is 1.68. The minimum Gasteiger partial charge on any atom is -0.378 e. The maximum Gasteiger partial charge on any atom is 0.211 e. The monoisotopic (exact) mass is 313 g/mol. The summed E-state index contributed by atoms with van der Waals surface area (Å²) in [4.78, 5) is 4.07. The molecule has 0 aromatic heterocycles. The molecule has 0 saturated heterocycles. The smallest absolute Gasteiger partial charge is 0.211 e.